The molecular formula is C12H17N3O2. The lowest BCUT2D eigenvalue weighted by Crippen LogP contribution is -2.19. The zero-order valence-corrected chi connectivity index (χ0v) is 9.82. The normalized spacial score (nSPS) is 13.8. The van der Waals surface area contributed by atoms with Crippen LogP contribution in [0.5, 0.6) is 0 Å². The van der Waals surface area contributed by atoms with E-state index in [9.17, 15) is 10.2 Å². The molecule has 0 aliphatic rings. The topological polar surface area (TPSA) is 89.2 Å². The summed E-state index contributed by atoms with van der Waals surface area (Å²) in [6.07, 6.45) is -0.709. The van der Waals surface area contributed by atoms with Gasteiger partial charge in [-0.15, -0.1) is 0 Å². The summed E-state index contributed by atoms with van der Waals surface area (Å²) in [5, 5.41) is 23.0. The predicted molar refractivity (Wildman–Crippen MR) is 65.4 cm³/mol. The number of hydrogen-bond donors (Lipinski definition) is 2. The van der Waals surface area contributed by atoms with Gasteiger partial charge in [-0.1, -0.05) is 36.3 Å². The summed E-state index contributed by atoms with van der Waals surface area (Å²) < 4.78 is 0. The van der Waals surface area contributed by atoms with Crippen LogP contribution in [0.15, 0.2) is 29.4 Å². The molecular weight excluding hydrogens is 218 g/mol. The largest absolute Gasteiger partial charge is 0.390 e. The van der Waals surface area contributed by atoms with E-state index in [4.69, 9.17) is 5.53 Å². The lowest BCUT2D eigenvalue weighted by molar-refractivity contribution is 0.0150. The van der Waals surface area contributed by atoms with Crippen LogP contribution in [0.3, 0.4) is 0 Å². The van der Waals surface area contributed by atoms with Crippen molar-refractivity contribution in [2.24, 2.45) is 5.11 Å². The van der Waals surface area contributed by atoms with Gasteiger partial charge in [0.15, 0.2) is 0 Å². The zero-order valence-electron chi connectivity index (χ0n) is 9.82. The van der Waals surface area contributed by atoms with E-state index < -0.39 is 12.2 Å². The first kappa shape index (κ1) is 13.5. The SMILES string of the molecule is CCc1cccc(C(O)C(O)CCN=[N+]=[N-])c1. The van der Waals surface area contributed by atoms with Crippen LogP contribution < -0.4 is 0 Å². The highest BCUT2D eigenvalue weighted by Gasteiger charge is 2.17. The molecule has 0 saturated heterocycles. The fourth-order valence-electron chi connectivity index (χ4n) is 1.61. The van der Waals surface area contributed by atoms with Gasteiger partial charge < -0.3 is 10.2 Å². The molecule has 0 fully saturated rings. The Kier molecular flexibility index (Phi) is 5.49. The summed E-state index contributed by atoms with van der Waals surface area (Å²) in [4.78, 5) is 2.60. The number of rotatable bonds is 6. The number of azide groups is 1. The molecule has 0 radical (unpaired) electrons. The van der Waals surface area contributed by atoms with E-state index in [0.717, 1.165) is 12.0 Å². The molecule has 2 atom stereocenters. The number of benzene rings is 1. The third-order valence-corrected chi connectivity index (χ3v) is 2.65. The Morgan fingerprint density at radius 1 is 1.41 bits per heavy atom. The molecule has 0 aliphatic heterocycles. The average molecular weight is 235 g/mol. The number of hydrogen-bond acceptors (Lipinski definition) is 3. The molecule has 17 heavy (non-hydrogen) atoms. The Morgan fingerprint density at radius 3 is 2.82 bits per heavy atom. The van der Waals surface area contributed by atoms with Gasteiger partial charge in [0.25, 0.3) is 0 Å². The van der Waals surface area contributed by atoms with Crippen molar-refractivity contribution in [2.75, 3.05) is 6.54 Å². The van der Waals surface area contributed by atoms with Crippen LogP contribution in [-0.4, -0.2) is 22.9 Å². The van der Waals surface area contributed by atoms with Crippen LogP contribution in [0.4, 0.5) is 0 Å². The summed E-state index contributed by atoms with van der Waals surface area (Å²) >= 11 is 0. The Morgan fingerprint density at radius 2 is 2.18 bits per heavy atom. The van der Waals surface area contributed by atoms with Gasteiger partial charge >= 0.3 is 0 Å². The smallest absolute Gasteiger partial charge is 0.105 e. The van der Waals surface area contributed by atoms with E-state index in [1.807, 2.05) is 25.1 Å². The minimum atomic E-state index is -0.935. The Balaban J connectivity index is 2.66. The van der Waals surface area contributed by atoms with Gasteiger partial charge in [-0.3, -0.25) is 0 Å². The molecule has 0 heterocycles. The van der Waals surface area contributed by atoms with Crippen LogP contribution in [0, 0.1) is 0 Å². The van der Waals surface area contributed by atoms with Crippen molar-refractivity contribution in [3.8, 4) is 0 Å². The first-order valence-corrected chi connectivity index (χ1v) is 5.64. The van der Waals surface area contributed by atoms with E-state index in [1.165, 1.54) is 0 Å². The molecule has 2 unspecified atom stereocenters. The van der Waals surface area contributed by atoms with Gasteiger partial charge in [-0.2, -0.15) is 0 Å². The van der Waals surface area contributed by atoms with Crippen LogP contribution in [0.25, 0.3) is 10.4 Å². The highest BCUT2D eigenvalue weighted by atomic mass is 16.3. The summed E-state index contributed by atoms with van der Waals surface area (Å²) in [7, 11) is 0. The summed E-state index contributed by atoms with van der Waals surface area (Å²) in [5.74, 6) is 0. The molecule has 0 bridgehead atoms. The predicted octanol–water partition coefficient (Wildman–Crippen LogP) is 2.34. The molecule has 0 aliphatic carbocycles. The number of aryl methyl sites for hydroxylation is 1. The fraction of sp³-hybridized carbons (Fsp3) is 0.500. The first-order valence-electron chi connectivity index (χ1n) is 5.64. The lowest BCUT2D eigenvalue weighted by Gasteiger charge is -2.17. The van der Waals surface area contributed by atoms with E-state index in [2.05, 4.69) is 10.0 Å². The molecule has 1 aromatic rings. The fourth-order valence-corrected chi connectivity index (χ4v) is 1.61. The molecule has 0 spiro atoms. The van der Waals surface area contributed by atoms with Crippen molar-refractivity contribution in [3.05, 3.63) is 45.8 Å². The third-order valence-electron chi connectivity index (χ3n) is 2.65. The molecule has 92 valence electrons. The molecule has 2 N–H and O–H groups in total. The van der Waals surface area contributed by atoms with Crippen molar-refractivity contribution in [1.29, 1.82) is 0 Å². The van der Waals surface area contributed by atoms with Gasteiger partial charge in [-0.05, 0) is 29.5 Å². The Bertz CT molecular complexity index is 402. The summed E-state index contributed by atoms with van der Waals surface area (Å²) in [5.41, 5.74) is 9.92. The van der Waals surface area contributed by atoms with Crippen LogP contribution in [0.2, 0.25) is 0 Å². The second-order valence-corrected chi connectivity index (χ2v) is 3.85. The Hall–Kier alpha value is -1.55. The first-order chi connectivity index (χ1) is 8.19. The molecule has 5 nitrogen and oxygen atoms in total. The molecule has 0 aromatic heterocycles. The highest BCUT2D eigenvalue weighted by Crippen LogP contribution is 2.20. The average Bonchev–Trinajstić information content (AvgIpc) is 2.38. The minimum absolute atomic E-state index is 0.183. The van der Waals surface area contributed by atoms with Gasteiger partial charge in [0.1, 0.15) is 6.10 Å². The van der Waals surface area contributed by atoms with Crippen LogP contribution >= 0.6 is 0 Å². The van der Waals surface area contributed by atoms with Crippen molar-refractivity contribution >= 4 is 0 Å². The van der Waals surface area contributed by atoms with E-state index >= 15 is 0 Å². The van der Waals surface area contributed by atoms with Gasteiger partial charge in [0.2, 0.25) is 0 Å². The molecule has 0 saturated carbocycles. The zero-order chi connectivity index (χ0) is 12.7. The van der Waals surface area contributed by atoms with Crippen LogP contribution in [0.1, 0.15) is 30.6 Å². The maximum absolute atomic E-state index is 9.92. The maximum atomic E-state index is 9.92. The maximum Gasteiger partial charge on any atom is 0.105 e. The number of aliphatic hydroxyl groups excluding tert-OH is 2. The third kappa shape index (κ3) is 4.07. The summed E-state index contributed by atoms with van der Waals surface area (Å²) in [6, 6.07) is 7.49. The van der Waals surface area contributed by atoms with E-state index in [-0.39, 0.29) is 13.0 Å². The van der Waals surface area contributed by atoms with E-state index in [0.29, 0.717) is 5.56 Å². The molecule has 5 heteroatoms. The summed E-state index contributed by atoms with van der Waals surface area (Å²) in [6.45, 7) is 2.21. The molecule has 0 amide bonds. The van der Waals surface area contributed by atoms with Gasteiger partial charge in [0.05, 0.1) is 6.10 Å². The highest BCUT2D eigenvalue weighted by molar-refractivity contribution is 5.25. The lowest BCUT2D eigenvalue weighted by atomic mass is 9.99. The second-order valence-electron chi connectivity index (χ2n) is 3.85. The quantitative estimate of drug-likeness (QED) is 0.450. The molecule has 1 rings (SSSR count). The van der Waals surface area contributed by atoms with Crippen molar-refractivity contribution < 1.29 is 10.2 Å². The Labute approximate surface area is 100 Å². The van der Waals surface area contributed by atoms with Gasteiger partial charge in [-0.25, -0.2) is 0 Å². The van der Waals surface area contributed by atoms with E-state index in [1.54, 1.807) is 6.07 Å². The standard InChI is InChI=1S/C12H17N3O2/c1-2-9-4-3-5-10(8-9)12(17)11(16)6-7-14-15-13/h3-5,8,11-12,16-17H,2,6-7H2,1H3. The van der Waals surface area contributed by atoms with Crippen LogP contribution in [-0.2, 0) is 6.42 Å². The minimum Gasteiger partial charge on any atom is -0.390 e. The number of nitrogens with zero attached hydrogens (tertiary/aromatic N) is 3. The van der Waals surface area contributed by atoms with Crippen molar-refractivity contribution in [1.82, 2.24) is 0 Å². The van der Waals surface area contributed by atoms with Gasteiger partial charge in [0, 0.05) is 11.5 Å². The van der Waals surface area contributed by atoms with Crippen molar-refractivity contribution in [2.45, 2.75) is 32.0 Å². The van der Waals surface area contributed by atoms with Crippen molar-refractivity contribution in [3.63, 3.8) is 0 Å². The monoisotopic (exact) mass is 235 g/mol. The second kappa shape index (κ2) is 6.91. The molecule has 1 aromatic carbocycles. The number of aliphatic hydroxyl groups is 2.